The summed E-state index contributed by atoms with van der Waals surface area (Å²) in [6, 6.07) is 13.0. The molecule has 3 rings (SSSR count). The summed E-state index contributed by atoms with van der Waals surface area (Å²) in [6.45, 7) is 4.64. The number of rotatable bonds is 7. The van der Waals surface area contributed by atoms with E-state index in [1.165, 1.54) is 4.31 Å². The van der Waals surface area contributed by atoms with Crippen LogP contribution < -0.4 is 19.1 Å². The first-order valence-corrected chi connectivity index (χ1v) is 11.4. The van der Waals surface area contributed by atoms with Crippen molar-refractivity contribution in [1.82, 2.24) is 5.32 Å². The molecule has 29 heavy (non-hydrogen) atoms. The quantitative estimate of drug-likeness (QED) is 0.747. The number of nitrogens with zero attached hydrogens (tertiary/aromatic N) is 1. The van der Waals surface area contributed by atoms with Crippen molar-refractivity contribution in [3.63, 3.8) is 0 Å². The fraction of sp³-hybridized carbons (Fsp3) is 0.381. The van der Waals surface area contributed by atoms with Gasteiger partial charge in [0.2, 0.25) is 15.9 Å². The largest absolute Gasteiger partial charge is 0.486 e. The number of para-hydroxylation sites is 1. The normalized spacial score (nSPS) is 15.3. The predicted molar refractivity (Wildman–Crippen MR) is 112 cm³/mol. The summed E-state index contributed by atoms with van der Waals surface area (Å²) in [5.74, 6) is 0.963. The van der Waals surface area contributed by atoms with Crippen molar-refractivity contribution in [2.24, 2.45) is 0 Å². The molecule has 0 aromatic heterocycles. The second kappa shape index (κ2) is 8.73. The zero-order chi connectivity index (χ0) is 21.0. The summed E-state index contributed by atoms with van der Waals surface area (Å²) in [6.07, 6.45) is 1.45. The van der Waals surface area contributed by atoms with Gasteiger partial charge in [-0.1, -0.05) is 31.2 Å². The van der Waals surface area contributed by atoms with Gasteiger partial charge < -0.3 is 14.8 Å². The Morgan fingerprint density at radius 1 is 1.10 bits per heavy atom. The Hall–Kier alpha value is -2.74. The third-order valence-corrected chi connectivity index (χ3v) is 5.95. The van der Waals surface area contributed by atoms with Crippen LogP contribution in [-0.4, -0.2) is 39.8 Å². The van der Waals surface area contributed by atoms with Crippen LogP contribution in [0.3, 0.4) is 0 Å². The monoisotopic (exact) mass is 418 g/mol. The van der Waals surface area contributed by atoms with Crippen molar-refractivity contribution < 1.29 is 22.7 Å². The standard InChI is InChI=1S/C21H26N2O5S/c1-4-18(23(29(3,25)26)17-8-6-5-7-9-17)21(24)22-15(2)16-10-11-19-20(14-16)28-13-12-27-19/h5-11,14-15,18H,4,12-13H2,1-3H3,(H,22,24)/t15-,18-/m1/s1. The number of amides is 1. The number of benzene rings is 2. The van der Waals surface area contributed by atoms with Gasteiger partial charge in [0, 0.05) is 0 Å². The van der Waals surface area contributed by atoms with Crippen LogP contribution in [0, 0.1) is 0 Å². The molecule has 156 valence electrons. The van der Waals surface area contributed by atoms with Crippen molar-refractivity contribution in [3.05, 3.63) is 54.1 Å². The molecule has 0 spiro atoms. The lowest BCUT2D eigenvalue weighted by atomic mass is 10.1. The molecule has 0 radical (unpaired) electrons. The Balaban J connectivity index is 1.81. The maximum absolute atomic E-state index is 13.0. The van der Waals surface area contributed by atoms with E-state index in [4.69, 9.17) is 9.47 Å². The van der Waals surface area contributed by atoms with Crippen LogP contribution in [0.1, 0.15) is 31.9 Å². The van der Waals surface area contributed by atoms with Gasteiger partial charge >= 0.3 is 0 Å². The van der Waals surface area contributed by atoms with Gasteiger partial charge in [0.05, 0.1) is 18.0 Å². The second-order valence-electron chi connectivity index (χ2n) is 6.95. The summed E-state index contributed by atoms with van der Waals surface area (Å²) < 4.78 is 37.2. The number of carbonyl (C=O) groups is 1. The molecule has 0 saturated heterocycles. The molecule has 7 nitrogen and oxygen atoms in total. The van der Waals surface area contributed by atoms with E-state index in [2.05, 4.69) is 5.32 Å². The summed E-state index contributed by atoms with van der Waals surface area (Å²) in [5.41, 5.74) is 1.31. The minimum atomic E-state index is -3.65. The third-order valence-electron chi connectivity index (χ3n) is 4.77. The highest BCUT2D eigenvalue weighted by Gasteiger charge is 2.32. The SMILES string of the molecule is CC[C@H](C(=O)N[C@H](C)c1ccc2c(c1)OCCO2)N(c1ccccc1)S(C)(=O)=O. The van der Waals surface area contributed by atoms with E-state index in [1.54, 1.807) is 37.3 Å². The number of nitrogens with one attached hydrogen (secondary N) is 1. The van der Waals surface area contributed by atoms with E-state index in [9.17, 15) is 13.2 Å². The first kappa shape index (κ1) is 21.0. The maximum atomic E-state index is 13.0. The van der Waals surface area contributed by atoms with Crippen LogP contribution >= 0.6 is 0 Å². The van der Waals surface area contributed by atoms with Gasteiger partial charge in [-0.25, -0.2) is 8.42 Å². The van der Waals surface area contributed by atoms with E-state index < -0.39 is 16.1 Å². The van der Waals surface area contributed by atoms with Crippen molar-refractivity contribution in [3.8, 4) is 11.5 Å². The molecule has 1 aliphatic rings. The van der Waals surface area contributed by atoms with Crippen molar-refractivity contribution in [2.75, 3.05) is 23.8 Å². The Morgan fingerprint density at radius 2 is 1.76 bits per heavy atom. The first-order valence-electron chi connectivity index (χ1n) is 9.55. The van der Waals surface area contributed by atoms with Gasteiger partial charge in [-0.2, -0.15) is 0 Å². The van der Waals surface area contributed by atoms with E-state index in [-0.39, 0.29) is 11.9 Å². The number of anilines is 1. The Bertz CT molecular complexity index is 962. The topological polar surface area (TPSA) is 84.9 Å². The molecule has 1 aliphatic heterocycles. The van der Waals surface area contributed by atoms with Crippen molar-refractivity contribution >= 4 is 21.6 Å². The van der Waals surface area contributed by atoms with E-state index in [0.717, 1.165) is 11.8 Å². The summed E-state index contributed by atoms with van der Waals surface area (Å²) >= 11 is 0. The van der Waals surface area contributed by atoms with Gasteiger partial charge in [-0.05, 0) is 43.2 Å². The van der Waals surface area contributed by atoms with Crippen LogP contribution in [0.15, 0.2) is 48.5 Å². The number of carbonyl (C=O) groups excluding carboxylic acids is 1. The molecule has 8 heteroatoms. The average molecular weight is 419 g/mol. The molecule has 0 aliphatic carbocycles. The van der Waals surface area contributed by atoms with E-state index in [0.29, 0.717) is 36.8 Å². The highest BCUT2D eigenvalue weighted by Crippen LogP contribution is 2.32. The van der Waals surface area contributed by atoms with Crippen LogP contribution in [0.5, 0.6) is 11.5 Å². The number of ether oxygens (including phenoxy) is 2. The van der Waals surface area contributed by atoms with Crippen LogP contribution in [0.4, 0.5) is 5.69 Å². The van der Waals surface area contributed by atoms with E-state index in [1.807, 2.05) is 25.1 Å². The van der Waals surface area contributed by atoms with Crippen LogP contribution in [0.25, 0.3) is 0 Å². The molecule has 2 aromatic carbocycles. The molecule has 0 fully saturated rings. The second-order valence-corrected chi connectivity index (χ2v) is 8.81. The predicted octanol–water partition coefficient (Wildman–Crippen LogP) is 2.88. The maximum Gasteiger partial charge on any atom is 0.244 e. The summed E-state index contributed by atoms with van der Waals surface area (Å²) in [5, 5.41) is 2.93. The number of fused-ring (bicyclic) bond motifs is 1. The molecule has 2 atom stereocenters. The van der Waals surface area contributed by atoms with Gasteiger partial charge in [-0.15, -0.1) is 0 Å². The lowest BCUT2D eigenvalue weighted by Crippen LogP contribution is -2.49. The lowest BCUT2D eigenvalue weighted by Gasteiger charge is -2.31. The molecule has 2 aromatic rings. The fourth-order valence-corrected chi connectivity index (χ4v) is 4.57. The van der Waals surface area contributed by atoms with Gasteiger partial charge in [0.15, 0.2) is 11.5 Å². The molecule has 0 saturated carbocycles. The van der Waals surface area contributed by atoms with Crippen molar-refractivity contribution in [2.45, 2.75) is 32.4 Å². The van der Waals surface area contributed by atoms with Gasteiger partial charge in [0.1, 0.15) is 19.3 Å². The molecular weight excluding hydrogens is 392 g/mol. The van der Waals surface area contributed by atoms with Crippen LogP contribution in [0.2, 0.25) is 0 Å². The number of hydrogen-bond acceptors (Lipinski definition) is 5. The average Bonchev–Trinajstić information content (AvgIpc) is 2.71. The van der Waals surface area contributed by atoms with E-state index >= 15 is 0 Å². The molecule has 1 heterocycles. The fourth-order valence-electron chi connectivity index (χ4n) is 3.36. The summed E-state index contributed by atoms with van der Waals surface area (Å²) in [7, 11) is -3.65. The highest BCUT2D eigenvalue weighted by molar-refractivity contribution is 7.92. The first-order chi connectivity index (χ1) is 13.8. The Kier molecular flexibility index (Phi) is 6.32. The molecule has 1 amide bonds. The lowest BCUT2D eigenvalue weighted by molar-refractivity contribution is -0.122. The minimum Gasteiger partial charge on any atom is -0.486 e. The highest BCUT2D eigenvalue weighted by atomic mass is 32.2. The molecule has 1 N–H and O–H groups in total. The van der Waals surface area contributed by atoms with Gasteiger partial charge in [-0.3, -0.25) is 9.10 Å². The van der Waals surface area contributed by atoms with Crippen LogP contribution in [-0.2, 0) is 14.8 Å². The smallest absolute Gasteiger partial charge is 0.244 e. The van der Waals surface area contributed by atoms with Gasteiger partial charge in [0.25, 0.3) is 0 Å². The minimum absolute atomic E-state index is 0.329. The number of sulfonamides is 1. The zero-order valence-electron chi connectivity index (χ0n) is 16.8. The van der Waals surface area contributed by atoms with Crippen molar-refractivity contribution in [1.29, 1.82) is 0 Å². The third kappa shape index (κ3) is 4.82. The number of hydrogen-bond donors (Lipinski definition) is 1. The Morgan fingerprint density at radius 3 is 2.38 bits per heavy atom. The molecule has 0 unspecified atom stereocenters. The summed E-state index contributed by atoms with van der Waals surface area (Å²) in [4.78, 5) is 13.0. The Labute approximate surface area is 171 Å². The zero-order valence-corrected chi connectivity index (χ0v) is 17.6. The molecular formula is C21H26N2O5S. The molecule has 0 bridgehead atoms.